The van der Waals surface area contributed by atoms with Gasteiger partial charge in [-0.1, -0.05) is 13.8 Å². The predicted molar refractivity (Wildman–Crippen MR) is 63.0 cm³/mol. The molecule has 1 heterocycles. The van der Waals surface area contributed by atoms with Crippen molar-refractivity contribution in [3.63, 3.8) is 0 Å². The molecule has 0 unspecified atom stereocenters. The monoisotopic (exact) mass is 224 g/mol. The van der Waals surface area contributed by atoms with Crippen molar-refractivity contribution in [1.29, 1.82) is 0 Å². The second kappa shape index (κ2) is 6.27. The molecule has 5 nitrogen and oxygen atoms in total. The average molecular weight is 224 g/mol. The molecular formula is C11H20N4O. The zero-order valence-corrected chi connectivity index (χ0v) is 9.94. The van der Waals surface area contributed by atoms with E-state index in [1.165, 1.54) is 0 Å². The first-order chi connectivity index (χ1) is 7.74. The minimum Gasteiger partial charge on any atom is -0.334 e. The van der Waals surface area contributed by atoms with Gasteiger partial charge in [0.05, 0.1) is 11.8 Å². The Morgan fingerprint density at radius 3 is 2.69 bits per heavy atom. The maximum Gasteiger partial charge on any atom is 0.257 e. The summed E-state index contributed by atoms with van der Waals surface area (Å²) < 4.78 is 0. The fraction of sp³-hybridized carbons (Fsp3) is 0.636. The van der Waals surface area contributed by atoms with Crippen molar-refractivity contribution in [3.05, 3.63) is 18.0 Å². The van der Waals surface area contributed by atoms with Crippen LogP contribution < -0.4 is 5.73 Å². The lowest BCUT2D eigenvalue weighted by molar-refractivity contribution is 0.0674. The summed E-state index contributed by atoms with van der Waals surface area (Å²) in [4.78, 5) is 14.0. The van der Waals surface area contributed by atoms with Crippen molar-refractivity contribution in [2.75, 3.05) is 13.1 Å². The SMILES string of the molecule is CCC(CC)N(CCN)C(=O)c1cn[nH]c1. The van der Waals surface area contributed by atoms with Crippen LogP contribution in [0.15, 0.2) is 12.4 Å². The lowest BCUT2D eigenvalue weighted by atomic mass is 10.1. The number of hydrogen-bond donors (Lipinski definition) is 2. The summed E-state index contributed by atoms with van der Waals surface area (Å²) in [5.74, 6) is 0.00731. The van der Waals surface area contributed by atoms with Gasteiger partial charge < -0.3 is 10.6 Å². The molecule has 16 heavy (non-hydrogen) atoms. The van der Waals surface area contributed by atoms with Crippen LogP contribution in [0, 0.1) is 0 Å². The zero-order valence-electron chi connectivity index (χ0n) is 9.94. The number of nitrogens with zero attached hydrogens (tertiary/aromatic N) is 2. The van der Waals surface area contributed by atoms with Crippen LogP contribution in [0.3, 0.4) is 0 Å². The summed E-state index contributed by atoms with van der Waals surface area (Å²) in [7, 11) is 0. The van der Waals surface area contributed by atoms with Gasteiger partial charge in [0.15, 0.2) is 0 Å². The molecule has 0 bridgehead atoms. The van der Waals surface area contributed by atoms with Crippen LogP contribution in [-0.2, 0) is 0 Å². The van der Waals surface area contributed by atoms with Crippen LogP contribution in [-0.4, -0.2) is 40.1 Å². The van der Waals surface area contributed by atoms with Gasteiger partial charge in [-0.3, -0.25) is 9.89 Å². The topological polar surface area (TPSA) is 75.0 Å². The third kappa shape index (κ3) is 2.82. The molecule has 1 rings (SSSR count). The normalized spacial score (nSPS) is 10.8. The molecule has 0 atom stereocenters. The third-order valence-electron chi connectivity index (χ3n) is 2.76. The minimum absolute atomic E-state index is 0.00731. The molecule has 1 aromatic rings. The van der Waals surface area contributed by atoms with Crippen molar-refractivity contribution in [2.45, 2.75) is 32.7 Å². The number of carbonyl (C=O) groups excluding carboxylic acids is 1. The van der Waals surface area contributed by atoms with Gasteiger partial charge in [0.1, 0.15) is 0 Å². The van der Waals surface area contributed by atoms with E-state index in [2.05, 4.69) is 24.0 Å². The molecule has 0 aromatic carbocycles. The van der Waals surface area contributed by atoms with Crippen LogP contribution in [0.1, 0.15) is 37.0 Å². The fourth-order valence-electron chi connectivity index (χ4n) is 1.85. The van der Waals surface area contributed by atoms with Gasteiger partial charge in [0, 0.05) is 25.3 Å². The van der Waals surface area contributed by atoms with Crippen molar-refractivity contribution < 1.29 is 4.79 Å². The molecule has 0 aliphatic rings. The van der Waals surface area contributed by atoms with E-state index in [-0.39, 0.29) is 11.9 Å². The maximum absolute atomic E-state index is 12.2. The second-order valence-electron chi connectivity index (χ2n) is 3.74. The molecular weight excluding hydrogens is 204 g/mol. The van der Waals surface area contributed by atoms with Crippen molar-refractivity contribution >= 4 is 5.91 Å². The Labute approximate surface area is 96.0 Å². The van der Waals surface area contributed by atoms with Gasteiger partial charge in [0.25, 0.3) is 5.91 Å². The number of aromatic nitrogens is 2. The molecule has 1 amide bonds. The second-order valence-corrected chi connectivity index (χ2v) is 3.74. The van der Waals surface area contributed by atoms with Crippen molar-refractivity contribution in [2.24, 2.45) is 5.73 Å². The van der Waals surface area contributed by atoms with Gasteiger partial charge in [-0.2, -0.15) is 5.10 Å². The average Bonchev–Trinajstić information content (AvgIpc) is 2.82. The third-order valence-corrected chi connectivity index (χ3v) is 2.76. The van der Waals surface area contributed by atoms with Gasteiger partial charge in [0.2, 0.25) is 0 Å². The van der Waals surface area contributed by atoms with Crippen LogP contribution in [0.2, 0.25) is 0 Å². The summed E-state index contributed by atoms with van der Waals surface area (Å²) in [5, 5.41) is 6.45. The summed E-state index contributed by atoms with van der Waals surface area (Å²) in [5.41, 5.74) is 6.15. The minimum atomic E-state index is 0.00731. The molecule has 90 valence electrons. The maximum atomic E-state index is 12.2. The number of hydrogen-bond acceptors (Lipinski definition) is 3. The summed E-state index contributed by atoms with van der Waals surface area (Å²) in [6.45, 7) is 5.25. The van der Waals surface area contributed by atoms with E-state index in [1.54, 1.807) is 12.4 Å². The fourth-order valence-corrected chi connectivity index (χ4v) is 1.85. The highest BCUT2D eigenvalue weighted by Gasteiger charge is 2.21. The number of nitrogens with two attached hydrogens (primary N) is 1. The Balaban J connectivity index is 2.80. The highest BCUT2D eigenvalue weighted by Crippen LogP contribution is 2.12. The van der Waals surface area contributed by atoms with Crippen LogP contribution in [0.5, 0.6) is 0 Å². The first-order valence-electron chi connectivity index (χ1n) is 5.74. The van der Waals surface area contributed by atoms with E-state index < -0.39 is 0 Å². The molecule has 0 radical (unpaired) electrons. The largest absolute Gasteiger partial charge is 0.334 e. The van der Waals surface area contributed by atoms with Gasteiger partial charge >= 0.3 is 0 Å². The standard InChI is InChI=1S/C11H20N4O/c1-3-10(4-2)15(6-5-12)11(16)9-7-13-14-8-9/h7-8,10H,3-6,12H2,1-2H3,(H,13,14). The number of amides is 1. The van der Waals surface area contributed by atoms with E-state index in [4.69, 9.17) is 5.73 Å². The molecule has 1 aromatic heterocycles. The quantitative estimate of drug-likeness (QED) is 0.757. The Bertz CT molecular complexity index is 306. The molecule has 5 heteroatoms. The Morgan fingerprint density at radius 2 is 2.25 bits per heavy atom. The summed E-state index contributed by atoms with van der Waals surface area (Å²) >= 11 is 0. The molecule has 0 aliphatic carbocycles. The Hall–Kier alpha value is -1.36. The molecule has 0 aliphatic heterocycles. The first kappa shape index (κ1) is 12.7. The Morgan fingerprint density at radius 1 is 1.56 bits per heavy atom. The smallest absolute Gasteiger partial charge is 0.257 e. The highest BCUT2D eigenvalue weighted by molar-refractivity contribution is 5.93. The number of nitrogens with one attached hydrogen (secondary N) is 1. The van der Waals surface area contributed by atoms with Crippen LogP contribution in [0.25, 0.3) is 0 Å². The number of rotatable bonds is 6. The molecule has 0 saturated carbocycles. The summed E-state index contributed by atoms with van der Waals surface area (Å²) in [6.07, 6.45) is 5.06. The van der Waals surface area contributed by atoms with Gasteiger partial charge in [-0.15, -0.1) is 0 Å². The molecule has 3 N–H and O–H groups in total. The van der Waals surface area contributed by atoms with E-state index >= 15 is 0 Å². The lowest BCUT2D eigenvalue weighted by Gasteiger charge is -2.29. The zero-order chi connectivity index (χ0) is 12.0. The number of aromatic amines is 1. The molecule has 0 saturated heterocycles. The predicted octanol–water partition coefficient (Wildman–Crippen LogP) is 0.999. The first-order valence-corrected chi connectivity index (χ1v) is 5.74. The molecule has 0 fully saturated rings. The van der Waals surface area contributed by atoms with E-state index in [1.807, 2.05) is 4.90 Å². The van der Waals surface area contributed by atoms with Crippen molar-refractivity contribution in [3.8, 4) is 0 Å². The number of H-pyrrole nitrogens is 1. The molecule has 0 spiro atoms. The van der Waals surface area contributed by atoms with Crippen molar-refractivity contribution in [1.82, 2.24) is 15.1 Å². The van der Waals surface area contributed by atoms with E-state index in [0.29, 0.717) is 18.7 Å². The number of carbonyl (C=O) groups is 1. The van der Waals surface area contributed by atoms with Gasteiger partial charge in [-0.05, 0) is 12.8 Å². The highest BCUT2D eigenvalue weighted by atomic mass is 16.2. The van der Waals surface area contributed by atoms with E-state index in [9.17, 15) is 4.79 Å². The van der Waals surface area contributed by atoms with Crippen LogP contribution in [0.4, 0.5) is 0 Å². The van der Waals surface area contributed by atoms with E-state index in [0.717, 1.165) is 12.8 Å². The Kier molecular flexibility index (Phi) is 4.98. The van der Waals surface area contributed by atoms with Crippen LogP contribution >= 0.6 is 0 Å². The lowest BCUT2D eigenvalue weighted by Crippen LogP contribution is -2.42. The van der Waals surface area contributed by atoms with Gasteiger partial charge in [-0.25, -0.2) is 0 Å². The summed E-state index contributed by atoms with van der Waals surface area (Å²) in [6, 6.07) is 0.256.